The van der Waals surface area contributed by atoms with Crippen molar-refractivity contribution in [3.63, 3.8) is 0 Å². The Kier molecular flexibility index (Phi) is 8.25. The number of rotatable bonds is 7. The van der Waals surface area contributed by atoms with Crippen molar-refractivity contribution in [1.82, 2.24) is 34.5 Å². The maximum Gasteiger partial charge on any atom is 0.165 e. The van der Waals surface area contributed by atoms with Crippen LogP contribution in [0.25, 0.3) is 73.0 Å². The van der Waals surface area contributed by atoms with Crippen LogP contribution in [0.2, 0.25) is 0 Å². The lowest BCUT2D eigenvalue weighted by atomic mass is 9.49. The number of nitriles is 1. The molecule has 8 aliphatic carbocycles. The molecular formula is C57H50N8. The van der Waals surface area contributed by atoms with Gasteiger partial charge in [0.05, 0.1) is 28.4 Å². The monoisotopic (exact) mass is 846 g/mol. The van der Waals surface area contributed by atoms with Gasteiger partial charge in [0.15, 0.2) is 23.3 Å². The van der Waals surface area contributed by atoms with E-state index in [9.17, 15) is 5.26 Å². The highest BCUT2D eigenvalue weighted by atomic mass is 15.1. The largest absolute Gasteiger partial charge is 0.308 e. The summed E-state index contributed by atoms with van der Waals surface area (Å²) in [6.45, 7) is 0. The van der Waals surface area contributed by atoms with Crippen molar-refractivity contribution in [1.29, 1.82) is 5.26 Å². The summed E-state index contributed by atoms with van der Waals surface area (Å²) in [6, 6.07) is 44.1. The van der Waals surface area contributed by atoms with E-state index in [4.69, 9.17) is 29.9 Å². The lowest BCUT2D eigenvalue weighted by Gasteiger charge is -2.57. The molecule has 8 aromatic rings. The quantitative estimate of drug-likeness (QED) is 0.157. The van der Waals surface area contributed by atoms with Crippen molar-refractivity contribution in [2.75, 3.05) is 0 Å². The van der Waals surface area contributed by atoms with Gasteiger partial charge in [0.1, 0.15) is 11.6 Å². The summed E-state index contributed by atoms with van der Waals surface area (Å²) in [5, 5.41) is 12.7. The fourth-order valence-corrected chi connectivity index (χ4v) is 15.0. The summed E-state index contributed by atoms with van der Waals surface area (Å²) in [4.78, 5) is 32.3. The molecule has 318 valence electrons. The first-order chi connectivity index (χ1) is 31.9. The van der Waals surface area contributed by atoms with E-state index in [2.05, 4.69) is 59.2 Å². The van der Waals surface area contributed by atoms with Gasteiger partial charge in [-0.3, -0.25) is 0 Å². The smallest absolute Gasteiger partial charge is 0.165 e. The molecule has 0 saturated heterocycles. The Morgan fingerprint density at radius 1 is 0.431 bits per heavy atom. The van der Waals surface area contributed by atoms with Gasteiger partial charge in [-0.25, -0.2) is 29.9 Å². The van der Waals surface area contributed by atoms with Crippen LogP contribution in [0, 0.1) is 46.8 Å². The number of nitrogens with zero attached hydrogens (tertiary/aromatic N) is 8. The van der Waals surface area contributed by atoms with E-state index in [1.54, 1.807) is 0 Å². The number of aromatic nitrogens is 7. The fraction of sp³-hybridized carbons (Fsp3) is 0.351. The van der Waals surface area contributed by atoms with Crippen molar-refractivity contribution >= 4 is 21.8 Å². The van der Waals surface area contributed by atoms with Gasteiger partial charge in [0, 0.05) is 43.9 Å². The Morgan fingerprint density at radius 2 is 0.908 bits per heavy atom. The number of hydrogen-bond donors (Lipinski definition) is 0. The minimum Gasteiger partial charge on any atom is -0.308 e. The second-order valence-electron chi connectivity index (χ2n) is 21.2. The SMILES string of the molecule is N#Cc1ccc(-n2c3ccccc3c3cc(-c4nc(-c5ccccc5)nc(-c5ccccc5)n4)ccc32)c(-c2nc(C34CC5CC(CC(C5)C3)C4)nc(C34CC5CC(CC(C5)C3)C4)n2)c1. The van der Waals surface area contributed by atoms with Crippen molar-refractivity contribution in [2.24, 2.45) is 35.5 Å². The molecule has 0 N–H and O–H groups in total. The third kappa shape index (κ3) is 6.07. The molecule has 8 saturated carbocycles. The Hall–Kier alpha value is -6.59. The molecule has 0 amide bonds. The van der Waals surface area contributed by atoms with E-state index in [1.165, 1.54) is 77.0 Å². The van der Waals surface area contributed by atoms with Crippen LogP contribution >= 0.6 is 0 Å². The van der Waals surface area contributed by atoms with Gasteiger partial charge >= 0.3 is 0 Å². The molecule has 8 heteroatoms. The molecule has 16 rings (SSSR count). The van der Waals surface area contributed by atoms with E-state index in [1.807, 2.05) is 72.8 Å². The van der Waals surface area contributed by atoms with Crippen molar-refractivity contribution in [3.05, 3.63) is 139 Å². The molecule has 8 fully saturated rings. The molecule has 8 aliphatic rings. The minimum absolute atomic E-state index is 0.00944. The van der Waals surface area contributed by atoms with Gasteiger partial charge in [-0.05, 0) is 155 Å². The Labute approximate surface area is 379 Å². The van der Waals surface area contributed by atoms with Gasteiger partial charge in [-0.2, -0.15) is 5.26 Å². The van der Waals surface area contributed by atoms with E-state index < -0.39 is 0 Å². The molecule has 0 spiro atoms. The van der Waals surface area contributed by atoms with Crippen molar-refractivity contribution in [2.45, 2.75) is 87.9 Å². The van der Waals surface area contributed by atoms with Crippen LogP contribution in [-0.4, -0.2) is 34.5 Å². The van der Waals surface area contributed by atoms with Crippen LogP contribution in [0.1, 0.15) is 94.3 Å². The molecule has 0 unspecified atom stereocenters. The van der Waals surface area contributed by atoms with Gasteiger partial charge < -0.3 is 4.57 Å². The third-order valence-electron chi connectivity index (χ3n) is 16.9. The molecule has 65 heavy (non-hydrogen) atoms. The molecular weight excluding hydrogens is 797 g/mol. The van der Waals surface area contributed by atoms with Crippen LogP contribution < -0.4 is 0 Å². The molecule has 0 atom stereocenters. The third-order valence-corrected chi connectivity index (χ3v) is 16.9. The lowest BCUT2D eigenvalue weighted by molar-refractivity contribution is -0.0155. The Balaban J connectivity index is 0.960. The highest BCUT2D eigenvalue weighted by Crippen LogP contribution is 2.62. The molecule has 5 aromatic carbocycles. The number of hydrogen-bond acceptors (Lipinski definition) is 7. The predicted octanol–water partition coefficient (Wildman–Crippen LogP) is 12.6. The van der Waals surface area contributed by atoms with Gasteiger partial charge in [-0.15, -0.1) is 0 Å². The topological polar surface area (TPSA) is 106 Å². The molecule has 8 nitrogen and oxygen atoms in total. The van der Waals surface area contributed by atoms with Gasteiger partial charge in [-0.1, -0.05) is 78.9 Å². The average molecular weight is 847 g/mol. The zero-order valence-electron chi connectivity index (χ0n) is 36.6. The minimum atomic E-state index is 0.00944. The van der Waals surface area contributed by atoms with Crippen LogP contribution in [0.4, 0.5) is 0 Å². The summed E-state index contributed by atoms with van der Waals surface area (Å²) < 4.78 is 2.36. The zero-order chi connectivity index (χ0) is 42.9. The van der Waals surface area contributed by atoms with Gasteiger partial charge in [0.2, 0.25) is 0 Å². The van der Waals surface area contributed by atoms with Crippen LogP contribution in [0.3, 0.4) is 0 Å². The average Bonchev–Trinajstić information content (AvgIpc) is 3.67. The van der Waals surface area contributed by atoms with E-state index in [0.29, 0.717) is 23.0 Å². The van der Waals surface area contributed by atoms with Crippen LogP contribution in [-0.2, 0) is 10.8 Å². The summed E-state index contributed by atoms with van der Waals surface area (Å²) >= 11 is 0. The van der Waals surface area contributed by atoms with Crippen molar-refractivity contribution < 1.29 is 0 Å². The van der Waals surface area contributed by atoms with Crippen LogP contribution in [0.5, 0.6) is 0 Å². The summed E-state index contributed by atoms with van der Waals surface area (Å²) in [7, 11) is 0. The molecule has 0 aliphatic heterocycles. The summed E-state index contributed by atoms with van der Waals surface area (Å²) in [5.74, 6) is 9.38. The Morgan fingerprint density at radius 3 is 1.43 bits per heavy atom. The lowest BCUT2D eigenvalue weighted by Crippen LogP contribution is -2.51. The first-order valence-corrected chi connectivity index (χ1v) is 24.2. The molecule has 3 heterocycles. The van der Waals surface area contributed by atoms with Crippen molar-refractivity contribution in [3.8, 4) is 57.3 Å². The number of benzene rings is 5. The maximum atomic E-state index is 10.5. The van der Waals surface area contributed by atoms with Crippen LogP contribution in [0.15, 0.2) is 121 Å². The highest BCUT2D eigenvalue weighted by molar-refractivity contribution is 6.10. The summed E-state index contributed by atoms with van der Waals surface area (Å²) in [5.41, 5.74) is 7.42. The number of para-hydroxylation sites is 1. The highest BCUT2D eigenvalue weighted by Gasteiger charge is 2.56. The second kappa shape index (κ2) is 14.2. The van der Waals surface area contributed by atoms with E-state index >= 15 is 0 Å². The normalized spacial score (nSPS) is 28.3. The van der Waals surface area contributed by atoms with E-state index in [-0.39, 0.29) is 10.8 Å². The number of fused-ring (bicyclic) bond motifs is 3. The second-order valence-corrected chi connectivity index (χ2v) is 21.2. The fourth-order valence-electron chi connectivity index (χ4n) is 15.0. The molecule has 8 bridgehead atoms. The maximum absolute atomic E-state index is 10.5. The molecule has 0 radical (unpaired) electrons. The van der Waals surface area contributed by atoms with Gasteiger partial charge in [0.25, 0.3) is 0 Å². The molecule has 3 aromatic heterocycles. The first kappa shape index (κ1) is 37.8. The zero-order valence-corrected chi connectivity index (χ0v) is 36.6. The van der Waals surface area contributed by atoms with E-state index in [0.717, 1.165) is 103 Å². The Bertz CT molecular complexity index is 3060. The summed E-state index contributed by atoms with van der Waals surface area (Å²) in [6.07, 6.45) is 15.4. The predicted molar refractivity (Wildman–Crippen MR) is 254 cm³/mol. The standard InChI is InChI=1S/C57H50N8/c58-33-34-15-17-49(46(25-34)53-62-54(56-27-35-19-36(28-56)21-37(20-35)29-56)64-55(63-53)57-30-38-22-39(31-57)24-40(23-38)32-57)65-47-14-8-7-13-44(47)45-26-43(16-18-48(45)65)52-60-50(41-9-3-1-4-10-41)59-51(61-52)42-11-5-2-6-12-42/h1-18,25-26,35-40H,19-24,27-32H2. The first-order valence-electron chi connectivity index (χ1n) is 24.2.